The van der Waals surface area contributed by atoms with Gasteiger partial charge in [-0.1, -0.05) is 20.8 Å². The number of morpholine rings is 1. The quantitative estimate of drug-likeness (QED) is 0.711. The fourth-order valence-electron chi connectivity index (χ4n) is 1.93. The van der Waals surface area contributed by atoms with Crippen molar-refractivity contribution in [2.24, 2.45) is 5.41 Å². The highest BCUT2D eigenvalue weighted by molar-refractivity contribution is 7.39. The molecule has 1 heterocycles. The lowest BCUT2D eigenvalue weighted by molar-refractivity contribution is -0.135. The molecule has 0 radical (unpaired) electrons. The highest BCUT2D eigenvalue weighted by Gasteiger charge is 2.28. The molecule has 3 nitrogen and oxygen atoms in total. The third kappa shape index (κ3) is 4.39. The van der Waals surface area contributed by atoms with E-state index in [1.54, 1.807) is 0 Å². The monoisotopic (exact) mass is 245 g/mol. The molecule has 0 saturated carbocycles. The molecular formula is C12H24NO2P. The summed E-state index contributed by atoms with van der Waals surface area (Å²) in [6, 6.07) is 0. The largest absolute Gasteiger partial charge is 0.378 e. The van der Waals surface area contributed by atoms with Gasteiger partial charge in [0.2, 0.25) is 5.91 Å². The van der Waals surface area contributed by atoms with Crippen LogP contribution in [0, 0.1) is 5.41 Å². The number of ether oxygens (including phenoxy) is 1. The first-order valence-corrected chi connectivity index (χ1v) is 7.55. The van der Waals surface area contributed by atoms with E-state index in [-0.39, 0.29) is 11.1 Å². The van der Waals surface area contributed by atoms with Gasteiger partial charge in [0.25, 0.3) is 0 Å². The van der Waals surface area contributed by atoms with Crippen molar-refractivity contribution in [1.82, 2.24) is 4.90 Å². The molecule has 4 heteroatoms. The van der Waals surface area contributed by atoms with E-state index in [0.717, 1.165) is 19.5 Å². The first kappa shape index (κ1) is 13.9. The second kappa shape index (κ2) is 5.97. The van der Waals surface area contributed by atoms with E-state index < -0.39 is 0 Å². The first-order chi connectivity index (χ1) is 7.44. The molecule has 0 aromatic rings. The van der Waals surface area contributed by atoms with Crippen LogP contribution in [-0.2, 0) is 9.53 Å². The Balaban J connectivity index is 2.54. The van der Waals surface area contributed by atoms with E-state index in [1.165, 1.54) is 0 Å². The molecule has 0 N–H and O–H groups in total. The average molecular weight is 245 g/mol. The Morgan fingerprint density at radius 2 is 1.94 bits per heavy atom. The third-order valence-corrected chi connectivity index (χ3v) is 3.93. The average Bonchev–Trinajstić information content (AvgIpc) is 2.25. The summed E-state index contributed by atoms with van der Waals surface area (Å²) >= 11 is 0. The molecule has 1 rings (SSSR count). The second-order valence-electron chi connectivity index (χ2n) is 5.54. The number of rotatable bonds is 3. The van der Waals surface area contributed by atoms with Crippen LogP contribution in [0.4, 0.5) is 0 Å². The minimum atomic E-state index is 0.207. The van der Waals surface area contributed by atoms with Gasteiger partial charge in [-0.2, -0.15) is 0 Å². The molecule has 2 unspecified atom stereocenters. The molecule has 0 aromatic carbocycles. The fraction of sp³-hybridized carbons (Fsp3) is 0.917. The van der Waals surface area contributed by atoms with Crippen LogP contribution in [0.3, 0.4) is 0 Å². The maximum absolute atomic E-state index is 12.3. The van der Waals surface area contributed by atoms with Crippen molar-refractivity contribution in [2.45, 2.75) is 32.9 Å². The number of carbonyl (C=O) groups is 1. The predicted molar refractivity (Wildman–Crippen MR) is 69.5 cm³/mol. The molecule has 2 atom stereocenters. The Morgan fingerprint density at radius 1 is 1.38 bits per heavy atom. The van der Waals surface area contributed by atoms with Crippen LogP contribution in [0.1, 0.15) is 27.2 Å². The predicted octanol–water partition coefficient (Wildman–Crippen LogP) is 1.96. The van der Waals surface area contributed by atoms with Crippen molar-refractivity contribution in [3.05, 3.63) is 0 Å². The molecule has 1 saturated heterocycles. The molecule has 16 heavy (non-hydrogen) atoms. The van der Waals surface area contributed by atoms with E-state index in [2.05, 4.69) is 27.4 Å². The standard InChI is InChI=1S/C12H24NO2P/c1-12(2,3)9-10(16-4)11(14)13-5-7-15-8-6-13/h10,16H,5-9H2,1-4H3. The molecule has 0 aromatic heterocycles. The molecule has 0 spiro atoms. The van der Waals surface area contributed by atoms with Crippen molar-refractivity contribution in [1.29, 1.82) is 0 Å². The second-order valence-corrected chi connectivity index (χ2v) is 6.82. The first-order valence-electron chi connectivity index (χ1n) is 5.98. The van der Waals surface area contributed by atoms with E-state index in [0.29, 0.717) is 27.7 Å². The Morgan fingerprint density at radius 3 is 2.38 bits per heavy atom. The summed E-state index contributed by atoms with van der Waals surface area (Å²) in [5.41, 5.74) is 0.438. The highest BCUT2D eigenvalue weighted by atomic mass is 31.1. The molecular weight excluding hydrogens is 221 g/mol. The van der Waals surface area contributed by atoms with E-state index >= 15 is 0 Å². The lowest BCUT2D eigenvalue weighted by atomic mass is 9.90. The molecule has 1 fully saturated rings. The number of hydrogen-bond donors (Lipinski definition) is 0. The van der Waals surface area contributed by atoms with Crippen molar-refractivity contribution < 1.29 is 9.53 Å². The van der Waals surface area contributed by atoms with Gasteiger partial charge in [0.15, 0.2) is 0 Å². The SMILES string of the molecule is CPC(CC(C)(C)C)C(=O)N1CCOCC1. The normalized spacial score (nSPS) is 20.4. The number of carbonyl (C=O) groups excluding carboxylic acids is 1. The summed E-state index contributed by atoms with van der Waals surface area (Å²) in [4.78, 5) is 14.3. The minimum Gasteiger partial charge on any atom is -0.378 e. The summed E-state index contributed by atoms with van der Waals surface area (Å²) < 4.78 is 5.27. The summed E-state index contributed by atoms with van der Waals surface area (Å²) in [7, 11) is 0.695. The zero-order valence-electron chi connectivity index (χ0n) is 10.9. The van der Waals surface area contributed by atoms with Gasteiger partial charge in [-0.3, -0.25) is 4.79 Å². The Hall–Kier alpha value is -0.140. The van der Waals surface area contributed by atoms with Gasteiger partial charge < -0.3 is 9.64 Å². The summed E-state index contributed by atoms with van der Waals surface area (Å²) in [5.74, 6) is 0.332. The number of nitrogens with zero attached hydrogens (tertiary/aromatic N) is 1. The molecule has 0 bridgehead atoms. The molecule has 94 valence electrons. The maximum Gasteiger partial charge on any atom is 0.229 e. The van der Waals surface area contributed by atoms with Crippen LogP contribution >= 0.6 is 8.58 Å². The molecule has 1 amide bonds. The van der Waals surface area contributed by atoms with Gasteiger partial charge in [0.1, 0.15) is 0 Å². The van der Waals surface area contributed by atoms with Crippen molar-refractivity contribution in [3.8, 4) is 0 Å². The summed E-state index contributed by atoms with van der Waals surface area (Å²) in [6.45, 7) is 11.7. The summed E-state index contributed by atoms with van der Waals surface area (Å²) in [5, 5.41) is 0. The Labute approximate surface area is 101 Å². The van der Waals surface area contributed by atoms with Crippen molar-refractivity contribution >= 4 is 14.5 Å². The van der Waals surface area contributed by atoms with E-state index in [4.69, 9.17) is 4.74 Å². The van der Waals surface area contributed by atoms with Crippen molar-refractivity contribution in [3.63, 3.8) is 0 Å². The van der Waals surface area contributed by atoms with Crippen LogP contribution in [-0.4, -0.2) is 49.4 Å². The van der Waals surface area contributed by atoms with E-state index in [1.807, 2.05) is 4.90 Å². The smallest absolute Gasteiger partial charge is 0.229 e. The fourth-order valence-corrected chi connectivity index (χ4v) is 3.18. The lowest BCUT2D eigenvalue weighted by Crippen LogP contribution is -2.45. The molecule has 1 aliphatic rings. The zero-order chi connectivity index (χ0) is 12.2. The van der Waals surface area contributed by atoms with Crippen LogP contribution in [0.25, 0.3) is 0 Å². The van der Waals surface area contributed by atoms with Gasteiger partial charge >= 0.3 is 0 Å². The van der Waals surface area contributed by atoms with Crippen LogP contribution in [0.15, 0.2) is 0 Å². The summed E-state index contributed by atoms with van der Waals surface area (Å²) in [6.07, 6.45) is 0.984. The maximum atomic E-state index is 12.3. The lowest BCUT2D eigenvalue weighted by Gasteiger charge is -2.32. The number of hydrogen-bond acceptors (Lipinski definition) is 2. The minimum absolute atomic E-state index is 0.207. The Bertz CT molecular complexity index is 232. The van der Waals surface area contributed by atoms with E-state index in [9.17, 15) is 4.79 Å². The van der Waals surface area contributed by atoms with Gasteiger partial charge in [0, 0.05) is 13.1 Å². The van der Waals surface area contributed by atoms with Crippen LogP contribution < -0.4 is 0 Å². The van der Waals surface area contributed by atoms with Gasteiger partial charge in [-0.15, -0.1) is 8.58 Å². The molecule has 1 aliphatic heterocycles. The zero-order valence-corrected chi connectivity index (χ0v) is 11.9. The van der Waals surface area contributed by atoms with Crippen molar-refractivity contribution in [2.75, 3.05) is 33.0 Å². The van der Waals surface area contributed by atoms with Crippen LogP contribution in [0.5, 0.6) is 0 Å². The van der Waals surface area contributed by atoms with Gasteiger partial charge in [-0.25, -0.2) is 0 Å². The highest BCUT2D eigenvalue weighted by Crippen LogP contribution is 2.30. The third-order valence-electron chi connectivity index (χ3n) is 2.79. The molecule has 0 aliphatic carbocycles. The Kier molecular flexibility index (Phi) is 5.20. The van der Waals surface area contributed by atoms with Gasteiger partial charge in [0.05, 0.1) is 18.9 Å². The van der Waals surface area contributed by atoms with Gasteiger partial charge in [-0.05, 0) is 18.5 Å². The number of amides is 1. The van der Waals surface area contributed by atoms with Crippen LogP contribution in [0.2, 0.25) is 0 Å². The topological polar surface area (TPSA) is 29.5 Å².